The standard InChI is InChI=1S/C16H21N3/c1-2-3-4-5-6-7-10-19-16-9-8-14(12-17)15(11-16)13-18/h8-9,11,19H,2-7,10H2,1H3. The first-order valence-electron chi connectivity index (χ1n) is 7.00. The molecule has 3 nitrogen and oxygen atoms in total. The van der Waals surface area contributed by atoms with Crippen LogP contribution >= 0.6 is 0 Å². The number of nitrogens with one attached hydrogen (secondary N) is 1. The zero-order valence-electron chi connectivity index (χ0n) is 11.6. The van der Waals surface area contributed by atoms with Crippen molar-refractivity contribution in [2.45, 2.75) is 45.4 Å². The second-order valence-electron chi connectivity index (χ2n) is 4.68. The van der Waals surface area contributed by atoms with Crippen LogP contribution in [0.25, 0.3) is 0 Å². The van der Waals surface area contributed by atoms with E-state index < -0.39 is 0 Å². The van der Waals surface area contributed by atoms with Crippen molar-refractivity contribution in [1.82, 2.24) is 0 Å². The van der Waals surface area contributed by atoms with Gasteiger partial charge in [0.1, 0.15) is 12.1 Å². The molecule has 1 aromatic rings. The number of benzene rings is 1. The molecular formula is C16H21N3. The third-order valence-corrected chi connectivity index (χ3v) is 3.12. The molecule has 0 unspecified atom stereocenters. The fraction of sp³-hybridized carbons (Fsp3) is 0.500. The van der Waals surface area contributed by atoms with Crippen LogP contribution in [-0.4, -0.2) is 6.54 Å². The van der Waals surface area contributed by atoms with Gasteiger partial charge in [-0.05, 0) is 24.6 Å². The summed E-state index contributed by atoms with van der Waals surface area (Å²) in [6.07, 6.45) is 7.62. The third-order valence-electron chi connectivity index (χ3n) is 3.12. The maximum Gasteiger partial charge on any atom is 0.101 e. The maximum absolute atomic E-state index is 8.94. The summed E-state index contributed by atoms with van der Waals surface area (Å²) >= 11 is 0. The van der Waals surface area contributed by atoms with Crippen LogP contribution in [0.1, 0.15) is 56.6 Å². The molecule has 1 N–H and O–H groups in total. The molecule has 1 rings (SSSR count). The van der Waals surface area contributed by atoms with E-state index >= 15 is 0 Å². The second kappa shape index (κ2) is 9.00. The minimum absolute atomic E-state index is 0.438. The number of anilines is 1. The summed E-state index contributed by atoms with van der Waals surface area (Å²) in [6.45, 7) is 3.14. The van der Waals surface area contributed by atoms with E-state index in [2.05, 4.69) is 12.2 Å². The Kier molecular flexibility index (Phi) is 7.13. The van der Waals surface area contributed by atoms with Gasteiger partial charge in [0.05, 0.1) is 11.1 Å². The Bertz CT molecular complexity index is 466. The first-order valence-corrected chi connectivity index (χ1v) is 7.00. The summed E-state index contributed by atoms with van der Waals surface area (Å²) < 4.78 is 0. The number of nitriles is 2. The lowest BCUT2D eigenvalue weighted by Crippen LogP contribution is -2.02. The molecule has 0 heterocycles. The molecule has 3 heteroatoms. The van der Waals surface area contributed by atoms with Crippen LogP contribution in [0.2, 0.25) is 0 Å². The third kappa shape index (κ3) is 5.44. The van der Waals surface area contributed by atoms with E-state index in [0.29, 0.717) is 11.1 Å². The van der Waals surface area contributed by atoms with Gasteiger partial charge in [-0.15, -0.1) is 0 Å². The van der Waals surface area contributed by atoms with Crippen molar-refractivity contribution in [3.05, 3.63) is 29.3 Å². The molecule has 100 valence electrons. The Morgan fingerprint density at radius 2 is 1.63 bits per heavy atom. The van der Waals surface area contributed by atoms with E-state index in [1.54, 1.807) is 12.1 Å². The summed E-state index contributed by atoms with van der Waals surface area (Å²) in [5, 5.41) is 21.1. The molecule has 0 saturated carbocycles. The lowest BCUT2D eigenvalue weighted by atomic mass is 10.1. The van der Waals surface area contributed by atoms with Gasteiger partial charge >= 0.3 is 0 Å². The maximum atomic E-state index is 8.94. The van der Waals surface area contributed by atoms with Gasteiger partial charge in [-0.3, -0.25) is 0 Å². The van der Waals surface area contributed by atoms with Crippen LogP contribution in [0, 0.1) is 22.7 Å². The molecule has 0 radical (unpaired) electrons. The van der Waals surface area contributed by atoms with E-state index in [9.17, 15) is 0 Å². The minimum Gasteiger partial charge on any atom is -0.385 e. The largest absolute Gasteiger partial charge is 0.385 e. The Morgan fingerprint density at radius 1 is 0.947 bits per heavy atom. The number of hydrogen-bond donors (Lipinski definition) is 1. The molecule has 0 aromatic heterocycles. The van der Waals surface area contributed by atoms with Gasteiger partial charge in [-0.25, -0.2) is 0 Å². The lowest BCUT2D eigenvalue weighted by molar-refractivity contribution is 0.617. The summed E-state index contributed by atoms with van der Waals surface area (Å²) in [5.41, 5.74) is 1.80. The molecule has 19 heavy (non-hydrogen) atoms. The molecule has 0 aliphatic rings. The van der Waals surface area contributed by atoms with Gasteiger partial charge < -0.3 is 5.32 Å². The highest BCUT2D eigenvalue weighted by Crippen LogP contribution is 2.15. The van der Waals surface area contributed by atoms with Crippen LogP contribution < -0.4 is 5.32 Å². The summed E-state index contributed by atoms with van der Waals surface area (Å²) in [5.74, 6) is 0. The summed E-state index contributed by atoms with van der Waals surface area (Å²) in [7, 11) is 0. The van der Waals surface area contributed by atoms with Gasteiger partial charge in [0.25, 0.3) is 0 Å². The van der Waals surface area contributed by atoms with Gasteiger partial charge in [0, 0.05) is 12.2 Å². The lowest BCUT2D eigenvalue weighted by Gasteiger charge is -2.07. The van der Waals surface area contributed by atoms with Crippen LogP contribution in [-0.2, 0) is 0 Å². The van der Waals surface area contributed by atoms with Crippen molar-refractivity contribution in [3.63, 3.8) is 0 Å². The Hall–Kier alpha value is -2.00. The minimum atomic E-state index is 0.438. The van der Waals surface area contributed by atoms with Crippen LogP contribution in [0.15, 0.2) is 18.2 Å². The molecule has 0 fully saturated rings. The van der Waals surface area contributed by atoms with Crippen LogP contribution in [0.5, 0.6) is 0 Å². The van der Waals surface area contributed by atoms with Crippen molar-refractivity contribution < 1.29 is 0 Å². The summed E-state index contributed by atoms with van der Waals surface area (Å²) in [6, 6.07) is 9.37. The zero-order chi connectivity index (χ0) is 13.9. The molecular weight excluding hydrogens is 234 g/mol. The molecule has 0 aliphatic carbocycles. The molecule has 1 aromatic carbocycles. The molecule has 0 spiro atoms. The van der Waals surface area contributed by atoms with E-state index in [4.69, 9.17) is 10.5 Å². The number of hydrogen-bond acceptors (Lipinski definition) is 3. The predicted molar refractivity (Wildman–Crippen MR) is 77.7 cm³/mol. The van der Waals surface area contributed by atoms with Crippen molar-refractivity contribution in [2.24, 2.45) is 0 Å². The van der Waals surface area contributed by atoms with E-state index in [0.717, 1.165) is 18.7 Å². The van der Waals surface area contributed by atoms with E-state index in [1.807, 2.05) is 18.2 Å². The van der Waals surface area contributed by atoms with Gasteiger partial charge in [-0.2, -0.15) is 10.5 Å². The van der Waals surface area contributed by atoms with Crippen molar-refractivity contribution in [2.75, 3.05) is 11.9 Å². The topological polar surface area (TPSA) is 59.6 Å². The van der Waals surface area contributed by atoms with E-state index in [1.165, 1.54) is 32.1 Å². The number of rotatable bonds is 8. The number of unbranched alkanes of at least 4 members (excludes halogenated alkanes) is 5. The first-order chi connectivity index (χ1) is 9.31. The second-order valence-corrected chi connectivity index (χ2v) is 4.68. The fourth-order valence-corrected chi connectivity index (χ4v) is 1.98. The smallest absolute Gasteiger partial charge is 0.101 e. The highest BCUT2D eigenvalue weighted by molar-refractivity contribution is 5.56. The SMILES string of the molecule is CCCCCCCCNc1ccc(C#N)c(C#N)c1. The fourth-order valence-electron chi connectivity index (χ4n) is 1.98. The predicted octanol–water partition coefficient (Wildman–Crippen LogP) is 4.20. The molecule has 0 amide bonds. The highest BCUT2D eigenvalue weighted by Gasteiger charge is 2.02. The van der Waals surface area contributed by atoms with Crippen molar-refractivity contribution in [1.29, 1.82) is 10.5 Å². The normalized spacial score (nSPS) is 9.63. The van der Waals surface area contributed by atoms with Crippen LogP contribution in [0.3, 0.4) is 0 Å². The Balaban J connectivity index is 2.31. The Labute approximate surface area is 115 Å². The first kappa shape index (κ1) is 15.1. The monoisotopic (exact) mass is 255 g/mol. The molecule has 0 aliphatic heterocycles. The average Bonchev–Trinajstić information content (AvgIpc) is 2.46. The summed E-state index contributed by atoms with van der Waals surface area (Å²) in [4.78, 5) is 0. The average molecular weight is 255 g/mol. The van der Waals surface area contributed by atoms with Crippen molar-refractivity contribution in [3.8, 4) is 12.1 Å². The quantitative estimate of drug-likeness (QED) is 0.708. The van der Waals surface area contributed by atoms with Gasteiger partial charge in [0.2, 0.25) is 0 Å². The zero-order valence-corrected chi connectivity index (χ0v) is 11.6. The van der Waals surface area contributed by atoms with Gasteiger partial charge in [0.15, 0.2) is 0 Å². The molecule has 0 bridgehead atoms. The molecule has 0 atom stereocenters. The Morgan fingerprint density at radius 3 is 2.32 bits per heavy atom. The molecule has 0 saturated heterocycles. The van der Waals surface area contributed by atoms with Crippen molar-refractivity contribution >= 4 is 5.69 Å². The number of nitrogens with zero attached hydrogens (tertiary/aromatic N) is 2. The highest BCUT2D eigenvalue weighted by atomic mass is 14.9. The van der Waals surface area contributed by atoms with Gasteiger partial charge in [-0.1, -0.05) is 39.0 Å². The van der Waals surface area contributed by atoms with E-state index in [-0.39, 0.29) is 0 Å². The van der Waals surface area contributed by atoms with Crippen LogP contribution in [0.4, 0.5) is 5.69 Å².